The molecule has 0 radical (unpaired) electrons. The summed E-state index contributed by atoms with van der Waals surface area (Å²) >= 11 is 0. The van der Waals surface area contributed by atoms with Gasteiger partial charge in [0.05, 0.1) is 22.5 Å². The third-order valence-electron chi connectivity index (χ3n) is 7.12. The topological polar surface area (TPSA) is 96.0 Å². The first-order chi connectivity index (χ1) is 16.3. The van der Waals surface area contributed by atoms with Crippen LogP contribution in [0.25, 0.3) is 11.3 Å². The molecule has 2 N–H and O–H groups in total. The number of carbonyl (C=O) groups is 1. The van der Waals surface area contributed by atoms with E-state index in [4.69, 9.17) is 4.74 Å². The molecule has 2 aliphatic heterocycles. The van der Waals surface area contributed by atoms with Crippen LogP contribution in [0.2, 0.25) is 0 Å². The molecule has 0 bridgehead atoms. The zero-order chi connectivity index (χ0) is 23.6. The fraction of sp³-hybridized carbons (Fsp3) is 0.440. The standard InChI is InChI=1S/C25H27FN6O2/c1-4-32-8-7-16-15(11-32)23(29-12-28-16)34-24-20(26)18-13(10-27-24)5-6-14-19-17(30-21(14)18)9-25(2,3)31-22(19)33/h10,12,30H,4-9,11H2,1-3H3,(H,31,33). The molecule has 6 rings (SSSR count). The van der Waals surface area contributed by atoms with Crippen LogP contribution in [-0.4, -0.2) is 49.4 Å². The molecule has 8 nitrogen and oxygen atoms in total. The number of nitrogens with one attached hydrogen (secondary N) is 2. The van der Waals surface area contributed by atoms with Crippen molar-refractivity contribution < 1.29 is 13.9 Å². The largest absolute Gasteiger partial charge is 0.417 e. The Bertz CT molecular complexity index is 1330. The average Bonchev–Trinajstić information content (AvgIpc) is 3.18. The first-order valence-electron chi connectivity index (χ1n) is 11.8. The Hall–Kier alpha value is -3.33. The molecule has 0 saturated carbocycles. The number of ether oxygens (including phenoxy) is 1. The second kappa shape index (κ2) is 7.59. The summed E-state index contributed by atoms with van der Waals surface area (Å²) < 4.78 is 21.9. The van der Waals surface area contributed by atoms with E-state index in [9.17, 15) is 4.79 Å². The van der Waals surface area contributed by atoms with E-state index in [2.05, 4.69) is 37.1 Å². The van der Waals surface area contributed by atoms with Gasteiger partial charge in [0.25, 0.3) is 11.8 Å². The van der Waals surface area contributed by atoms with Gasteiger partial charge in [-0.15, -0.1) is 0 Å². The second-order valence-corrected chi connectivity index (χ2v) is 9.95. The number of fused-ring (bicyclic) bond motifs is 6. The molecule has 176 valence electrons. The zero-order valence-electron chi connectivity index (χ0n) is 19.6. The van der Waals surface area contributed by atoms with Crippen LogP contribution in [0.1, 0.15) is 59.2 Å². The highest BCUT2D eigenvalue weighted by Gasteiger charge is 2.37. The van der Waals surface area contributed by atoms with Gasteiger partial charge in [-0.2, -0.15) is 0 Å². The van der Waals surface area contributed by atoms with Crippen LogP contribution < -0.4 is 10.1 Å². The maximum Gasteiger partial charge on any atom is 0.258 e. The van der Waals surface area contributed by atoms with Crippen molar-refractivity contribution in [2.24, 2.45) is 0 Å². The minimum atomic E-state index is -0.535. The van der Waals surface area contributed by atoms with Crippen LogP contribution >= 0.6 is 0 Å². The Morgan fingerprint density at radius 2 is 1.97 bits per heavy atom. The highest BCUT2D eigenvalue weighted by molar-refractivity contribution is 6.01. The zero-order valence-corrected chi connectivity index (χ0v) is 19.6. The molecule has 0 fully saturated rings. The van der Waals surface area contributed by atoms with E-state index in [-0.39, 0.29) is 17.3 Å². The molecule has 9 heteroatoms. The highest BCUT2D eigenvalue weighted by Crippen LogP contribution is 2.42. The Labute approximate surface area is 197 Å². The number of rotatable bonds is 3. The van der Waals surface area contributed by atoms with E-state index in [1.54, 1.807) is 6.20 Å². The summed E-state index contributed by atoms with van der Waals surface area (Å²) in [6.45, 7) is 8.57. The van der Waals surface area contributed by atoms with Gasteiger partial charge in [0.2, 0.25) is 5.88 Å². The average molecular weight is 463 g/mol. The number of aromatic nitrogens is 4. The summed E-state index contributed by atoms with van der Waals surface area (Å²) in [6.07, 6.45) is 5.87. The second-order valence-electron chi connectivity index (χ2n) is 9.95. The van der Waals surface area contributed by atoms with Crippen molar-refractivity contribution in [3.63, 3.8) is 0 Å². The molecule has 0 saturated heterocycles. The van der Waals surface area contributed by atoms with Crippen LogP contribution in [0, 0.1) is 5.82 Å². The quantitative estimate of drug-likeness (QED) is 0.620. The fourth-order valence-corrected chi connectivity index (χ4v) is 5.44. The number of pyridine rings is 1. The number of hydrogen-bond acceptors (Lipinski definition) is 6. The number of halogens is 1. The van der Waals surface area contributed by atoms with Crippen LogP contribution in [-0.2, 0) is 32.2 Å². The predicted octanol–water partition coefficient (Wildman–Crippen LogP) is 3.34. The Kier molecular flexibility index (Phi) is 4.74. The van der Waals surface area contributed by atoms with E-state index in [1.165, 1.54) is 6.33 Å². The predicted molar refractivity (Wildman–Crippen MR) is 123 cm³/mol. The molecular formula is C25H27FN6O2. The van der Waals surface area contributed by atoms with E-state index >= 15 is 4.39 Å². The van der Waals surface area contributed by atoms with E-state index in [0.29, 0.717) is 48.5 Å². The number of H-pyrrole nitrogens is 1. The van der Waals surface area contributed by atoms with Gasteiger partial charge < -0.3 is 15.0 Å². The summed E-state index contributed by atoms with van der Waals surface area (Å²) in [5.41, 5.74) is 5.73. The van der Waals surface area contributed by atoms with Gasteiger partial charge in [0.1, 0.15) is 6.33 Å². The lowest BCUT2D eigenvalue weighted by Gasteiger charge is -2.31. The van der Waals surface area contributed by atoms with E-state index < -0.39 is 5.82 Å². The van der Waals surface area contributed by atoms with Gasteiger partial charge in [0.15, 0.2) is 5.82 Å². The smallest absolute Gasteiger partial charge is 0.258 e. The van der Waals surface area contributed by atoms with Crippen molar-refractivity contribution in [2.75, 3.05) is 13.1 Å². The minimum Gasteiger partial charge on any atom is -0.417 e. The molecule has 3 aliphatic rings. The van der Waals surface area contributed by atoms with Crippen molar-refractivity contribution in [1.29, 1.82) is 0 Å². The van der Waals surface area contributed by atoms with Gasteiger partial charge >= 0.3 is 0 Å². The number of aryl methyl sites for hydroxylation is 1. The van der Waals surface area contributed by atoms with Crippen LogP contribution in [0.5, 0.6) is 11.8 Å². The Morgan fingerprint density at radius 3 is 2.79 bits per heavy atom. The lowest BCUT2D eigenvalue weighted by atomic mass is 9.86. The van der Waals surface area contributed by atoms with Crippen molar-refractivity contribution in [3.05, 3.63) is 52.0 Å². The normalized spacial score (nSPS) is 18.4. The molecule has 34 heavy (non-hydrogen) atoms. The highest BCUT2D eigenvalue weighted by atomic mass is 19.1. The molecule has 5 heterocycles. The molecule has 3 aromatic heterocycles. The summed E-state index contributed by atoms with van der Waals surface area (Å²) in [4.78, 5) is 31.5. The number of aromatic amines is 1. The van der Waals surface area contributed by atoms with Crippen molar-refractivity contribution in [1.82, 2.24) is 30.2 Å². The number of amides is 1. The van der Waals surface area contributed by atoms with Gasteiger partial charge in [0, 0.05) is 48.9 Å². The molecule has 0 unspecified atom stereocenters. The monoisotopic (exact) mass is 462 g/mol. The van der Waals surface area contributed by atoms with E-state index in [1.807, 2.05) is 13.8 Å². The van der Waals surface area contributed by atoms with Gasteiger partial charge in [-0.3, -0.25) is 9.69 Å². The van der Waals surface area contributed by atoms with Gasteiger partial charge in [-0.1, -0.05) is 6.92 Å². The molecule has 0 atom stereocenters. The Morgan fingerprint density at radius 1 is 1.12 bits per heavy atom. The molecule has 0 aromatic carbocycles. The van der Waals surface area contributed by atoms with Crippen LogP contribution in [0.3, 0.4) is 0 Å². The summed E-state index contributed by atoms with van der Waals surface area (Å²) in [6, 6.07) is 0. The van der Waals surface area contributed by atoms with E-state index in [0.717, 1.165) is 47.6 Å². The van der Waals surface area contributed by atoms with Gasteiger partial charge in [-0.05, 0) is 44.4 Å². The number of hydrogen-bond donors (Lipinski definition) is 2. The third kappa shape index (κ3) is 3.29. The SMILES string of the molecule is CCN1CCc2ncnc(Oc3ncc4c(c3F)-c3[nH]c5c(c3CC4)C(=O)NC(C)(C)C5)c2C1. The summed E-state index contributed by atoms with van der Waals surface area (Å²) in [5, 5.41) is 3.06. The fourth-order valence-electron chi connectivity index (χ4n) is 5.44. The first kappa shape index (κ1) is 21.2. The Balaban J connectivity index is 1.42. The third-order valence-corrected chi connectivity index (χ3v) is 7.12. The minimum absolute atomic E-state index is 0.105. The van der Waals surface area contributed by atoms with Gasteiger partial charge in [-0.25, -0.2) is 19.3 Å². The molecular weight excluding hydrogens is 435 g/mol. The molecule has 1 amide bonds. The molecule has 0 spiro atoms. The van der Waals surface area contributed by atoms with Crippen molar-refractivity contribution >= 4 is 5.91 Å². The first-order valence-corrected chi connectivity index (χ1v) is 11.8. The summed E-state index contributed by atoms with van der Waals surface area (Å²) in [7, 11) is 0. The maximum atomic E-state index is 15.9. The van der Waals surface area contributed by atoms with Crippen LogP contribution in [0.15, 0.2) is 12.5 Å². The number of carbonyl (C=O) groups excluding carboxylic acids is 1. The van der Waals surface area contributed by atoms with Crippen molar-refractivity contribution in [2.45, 2.75) is 58.5 Å². The van der Waals surface area contributed by atoms with Crippen LogP contribution in [0.4, 0.5) is 4.39 Å². The number of nitrogens with zero attached hydrogens (tertiary/aromatic N) is 4. The molecule has 3 aromatic rings. The number of likely N-dealkylation sites (N-methyl/N-ethyl adjacent to an activating group) is 1. The summed E-state index contributed by atoms with van der Waals surface area (Å²) in [5.74, 6) is -0.408. The lowest BCUT2D eigenvalue weighted by Crippen LogP contribution is -2.49. The lowest BCUT2D eigenvalue weighted by molar-refractivity contribution is 0.0895. The molecule has 1 aliphatic carbocycles. The maximum absolute atomic E-state index is 15.9. The van der Waals surface area contributed by atoms with Crippen molar-refractivity contribution in [3.8, 4) is 23.0 Å².